The lowest BCUT2D eigenvalue weighted by atomic mass is 9.87. The van der Waals surface area contributed by atoms with Crippen molar-refractivity contribution in [1.82, 2.24) is 4.98 Å². The molecule has 2 rings (SSSR count). The largest absolute Gasteiger partial charge is 0.755 e. The van der Waals surface area contributed by atoms with Gasteiger partial charge in [0.15, 0.2) is 0 Å². The van der Waals surface area contributed by atoms with Crippen LogP contribution in [-0.4, -0.2) is 42.6 Å². The van der Waals surface area contributed by atoms with Crippen molar-refractivity contribution in [2.45, 2.75) is 32.5 Å². The predicted molar refractivity (Wildman–Crippen MR) is 111 cm³/mol. The van der Waals surface area contributed by atoms with Gasteiger partial charge in [-0.3, -0.25) is 9.00 Å². The van der Waals surface area contributed by atoms with Crippen LogP contribution in [0, 0.1) is 11.4 Å². The fraction of sp³-hybridized carbons (Fsp3) is 0.368. The Hall–Kier alpha value is -2.09. The van der Waals surface area contributed by atoms with Crippen LogP contribution in [-0.2, 0) is 22.2 Å². The Bertz CT molecular complexity index is 1040. The number of rotatable bonds is 8. The van der Waals surface area contributed by atoms with Gasteiger partial charge < -0.3 is 19.1 Å². The quantitative estimate of drug-likeness (QED) is 0.295. The number of alkyl halides is 3. The minimum absolute atomic E-state index is 0.234. The second kappa shape index (κ2) is 9.81. The summed E-state index contributed by atoms with van der Waals surface area (Å²) in [5, 5.41) is 19.3. The van der Waals surface area contributed by atoms with Crippen LogP contribution >= 0.6 is 15.9 Å². The van der Waals surface area contributed by atoms with Crippen molar-refractivity contribution < 1.29 is 41.3 Å². The van der Waals surface area contributed by atoms with E-state index in [1.807, 2.05) is 0 Å². The highest BCUT2D eigenvalue weighted by Gasteiger charge is 2.36. The van der Waals surface area contributed by atoms with Gasteiger partial charge in [0, 0.05) is 33.2 Å². The first-order chi connectivity index (χ1) is 14.6. The zero-order valence-corrected chi connectivity index (χ0v) is 19.1. The van der Waals surface area contributed by atoms with E-state index in [0.717, 1.165) is 24.4 Å². The smallest absolute Gasteiger partial charge is 0.417 e. The molecular formula is C19H18BrF4N2O5S-. The first kappa shape index (κ1) is 26.2. The van der Waals surface area contributed by atoms with E-state index in [4.69, 9.17) is 5.11 Å². The number of aliphatic carboxylic acids is 1. The molecule has 2 aromatic rings. The molecular weight excluding hydrogens is 524 g/mol. The SMILES string of the molecule is CC(C)(C[C@H](O)CN(c1ccc(-c2cc(Br)cnc2F)c(C(F)(F)F)c1)S(=O)[O-])C(=O)O. The highest BCUT2D eigenvalue weighted by atomic mass is 79.9. The summed E-state index contributed by atoms with van der Waals surface area (Å²) in [5.74, 6) is -2.39. The van der Waals surface area contributed by atoms with Crippen LogP contribution in [0.25, 0.3) is 11.1 Å². The molecule has 0 aliphatic carbocycles. The number of aromatic nitrogens is 1. The average molecular weight is 542 g/mol. The van der Waals surface area contributed by atoms with Crippen molar-refractivity contribution in [2.75, 3.05) is 10.8 Å². The molecule has 0 bridgehead atoms. The van der Waals surface area contributed by atoms with Crippen molar-refractivity contribution in [2.24, 2.45) is 5.41 Å². The Morgan fingerprint density at radius 1 is 1.28 bits per heavy atom. The first-order valence-corrected chi connectivity index (χ1v) is 10.8. The summed E-state index contributed by atoms with van der Waals surface area (Å²) < 4.78 is 79.4. The lowest BCUT2D eigenvalue weighted by Crippen LogP contribution is -2.38. The molecule has 7 nitrogen and oxygen atoms in total. The number of hydrogen-bond donors (Lipinski definition) is 2. The van der Waals surface area contributed by atoms with E-state index in [0.29, 0.717) is 10.4 Å². The zero-order valence-electron chi connectivity index (χ0n) is 16.7. The number of halogens is 5. The number of carboxylic acid groups (broad SMARTS) is 1. The standard InChI is InChI=1S/C19H19BrF4N2O5S/c1-18(2,17(28)29)7-12(27)9-26(32(30)31)11-3-4-13(15(6-11)19(22,23)24)14-5-10(20)8-25-16(14)21/h3-6,8,12,27H,7,9H2,1-2H3,(H,28,29)(H,30,31)/p-1/t12-/m0/s1. The number of aliphatic hydroxyl groups excluding tert-OH is 1. The number of nitrogens with zero attached hydrogens (tertiary/aromatic N) is 2. The fourth-order valence-corrected chi connectivity index (χ4v) is 3.86. The molecule has 13 heteroatoms. The number of benzene rings is 1. The first-order valence-electron chi connectivity index (χ1n) is 8.94. The molecule has 1 aromatic carbocycles. The van der Waals surface area contributed by atoms with Gasteiger partial charge >= 0.3 is 12.1 Å². The van der Waals surface area contributed by atoms with Gasteiger partial charge in [-0.05, 0) is 60.0 Å². The lowest BCUT2D eigenvalue weighted by molar-refractivity contribution is -0.148. The summed E-state index contributed by atoms with van der Waals surface area (Å²) in [4.78, 5) is 14.6. The Labute approximate surface area is 191 Å². The highest BCUT2D eigenvalue weighted by molar-refractivity contribution is 9.10. The molecule has 0 aliphatic heterocycles. The van der Waals surface area contributed by atoms with Crippen LogP contribution in [0.3, 0.4) is 0 Å². The molecule has 2 atom stereocenters. The third-order valence-corrected chi connectivity index (χ3v) is 5.73. The molecule has 0 spiro atoms. The number of aliphatic hydroxyl groups is 1. The molecule has 2 N–H and O–H groups in total. The molecule has 176 valence electrons. The molecule has 1 unspecified atom stereocenters. The van der Waals surface area contributed by atoms with Gasteiger partial charge in [-0.15, -0.1) is 0 Å². The number of hydrogen-bond acceptors (Lipinski definition) is 5. The van der Waals surface area contributed by atoms with E-state index >= 15 is 0 Å². The van der Waals surface area contributed by atoms with E-state index in [-0.39, 0.29) is 10.9 Å². The molecule has 0 saturated carbocycles. The van der Waals surface area contributed by atoms with Crippen LogP contribution < -0.4 is 4.31 Å². The van der Waals surface area contributed by atoms with E-state index in [1.165, 1.54) is 13.8 Å². The summed E-state index contributed by atoms with van der Waals surface area (Å²) in [6.45, 7) is 1.94. The van der Waals surface area contributed by atoms with E-state index in [2.05, 4.69) is 20.9 Å². The maximum absolute atomic E-state index is 14.1. The third kappa shape index (κ3) is 6.24. The maximum atomic E-state index is 14.1. The van der Waals surface area contributed by atoms with Crippen molar-refractivity contribution in [3.8, 4) is 11.1 Å². The van der Waals surface area contributed by atoms with Gasteiger partial charge in [-0.1, -0.05) is 6.07 Å². The van der Waals surface area contributed by atoms with E-state index in [9.17, 15) is 36.2 Å². The van der Waals surface area contributed by atoms with Gasteiger partial charge in [0.1, 0.15) is 0 Å². The van der Waals surface area contributed by atoms with Gasteiger partial charge in [0.25, 0.3) is 0 Å². The van der Waals surface area contributed by atoms with Crippen molar-refractivity contribution >= 4 is 38.9 Å². The molecule has 0 saturated heterocycles. The Kier molecular flexibility index (Phi) is 8.02. The molecule has 0 amide bonds. The average Bonchev–Trinajstić information content (AvgIpc) is 2.66. The lowest BCUT2D eigenvalue weighted by Gasteiger charge is -2.31. The molecule has 32 heavy (non-hydrogen) atoms. The van der Waals surface area contributed by atoms with Gasteiger partial charge in [-0.25, -0.2) is 4.98 Å². The Morgan fingerprint density at radius 3 is 2.44 bits per heavy atom. The second-order valence-corrected chi connectivity index (χ2v) is 9.34. The van der Waals surface area contributed by atoms with Crippen molar-refractivity contribution in [3.63, 3.8) is 0 Å². The highest BCUT2D eigenvalue weighted by Crippen LogP contribution is 2.40. The third-order valence-electron chi connectivity index (χ3n) is 4.57. The second-order valence-electron chi connectivity index (χ2n) is 7.54. The molecule has 1 heterocycles. The molecule has 0 radical (unpaired) electrons. The number of anilines is 1. The van der Waals surface area contributed by atoms with Crippen LogP contribution in [0.5, 0.6) is 0 Å². The monoisotopic (exact) mass is 541 g/mol. The number of carboxylic acids is 1. The minimum atomic E-state index is -4.97. The fourth-order valence-electron chi connectivity index (χ4n) is 2.95. The molecule has 0 aliphatic rings. The van der Waals surface area contributed by atoms with Crippen LogP contribution in [0.4, 0.5) is 23.2 Å². The van der Waals surface area contributed by atoms with Crippen LogP contribution in [0.1, 0.15) is 25.8 Å². The summed E-state index contributed by atoms with van der Waals surface area (Å²) in [5.41, 5.74) is -4.16. The number of carbonyl (C=O) groups is 1. The molecule has 0 fully saturated rings. The minimum Gasteiger partial charge on any atom is -0.755 e. The van der Waals surface area contributed by atoms with Crippen LogP contribution in [0.2, 0.25) is 0 Å². The Balaban J connectivity index is 2.50. The summed E-state index contributed by atoms with van der Waals surface area (Å²) in [6.07, 6.45) is -5.74. The summed E-state index contributed by atoms with van der Waals surface area (Å²) in [7, 11) is 0. The van der Waals surface area contributed by atoms with E-state index < -0.39 is 69.8 Å². The van der Waals surface area contributed by atoms with E-state index in [1.54, 1.807) is 0 Å². The zero-order chi connectivity index (χ0) is 24.4. The predicted octanol–water partition coefficient (Wildman–Crippen LogP) is 4.13. The van der Waals surface area contributed by atoms with Crippen molar-refractivity contribution in [1.29, 1.82) is 0 Å². The van der Waals surface area contributed by atoms with Gasteiger partial charge in [0.2, 0.25) is 5.95 Å². The van der Waals surface area contributed by atoms with Gasteiger partial charge in [-0.2, -0.15) is 17.6 Å². The Morgan fingerprint density at radius 2 is 1.91 bits per heavy atom. The summed E-state index contributed by atoms with van der Waals surface area (Å²) in [6, 6.07) is 3.54. The topological polar surface area (TPSA) is 114 Å². The maximum Gasteiger partial charge on any atom is 0.417 e. The summed E-state index contributed by atoms with van der Waals surface area (Å²) >= 11 is -0.0768. The normalized spacial score (nSPS) is 14.2. The van der Waals surface area contributed by atoms with Gasteiger partial charge in [0.05, 0.1) is 23.6 Å². The number of pyridine rings is 1. The van der Waals surface area contributed by atoms with Crippen LogP contribution in [0.15, 0.2) is 34.9 Å². The molecule has 1 aromatic heterocycles. The van der Waals surface area contributed by atoms with Crippen molar-refractivity contribution in [3.05, 3.63) is 46.4 Å².